The Morgan fingerprint density at radius 3 is 2.59 bits per heavy atom. The lowest BCUT2D eigenvalue weighted by molar-refractivity contribution is 0.219. The van der Waals surface area contributed by atoms with Crippen LogP contribution < -0.4 is 4.74 Å². The minimum atomic E-state index is -0.645. The predicted molar refractivity (Wildman–Crippen MR) is 66.0 cm³/mol. The van der Waals surface area contributed by atoms with E-state index in [1.807, 2.05) is 37.3 Å². The van der Waals surface area contributed by atoms with E-state index in [9.17, 15) is 5.11 Å². The number of hydrogen-bond acceptors (Lipinski definition) is 3. The van der Waals surface area contributed by atoms with Gasteiger partial charge in [0, 0.05) is 17.8 Å². The van der Waals surface area contributed by atoms with Crippen LogP contribution in [0.15, 0.2) is 42.6 Å². The maximum atomic E-state index is 10.2. The molecule has 0 fully saturated rings. The van der Waals surface area contributed by atoms with Crippen molar-refractivity contribution in [3.8, 4) is 5.88 Å². The number of methoxy groups -OCH3 is 1. The van der Waals surface area contributed by atoms with E-state index in [4.69, 9.17) is 4.74 Å². The molecule has 0 amide bonds. The number of hydrogen-bond donors (Lipinski definition) is 1. The van der Waals surface area contributed by atoms with Crippen LogP contribution in [0.5, 0.6) is 5.88 Å². The molecule has 0 saturated heterocycles. The van der Waals surface area contributed by atoms with E-state index < -0.39 is 6.10 Å². The SMILES string of the molecule is COc1ccc(C(O)c2cccc(C)c2)cn1. The summed E-state index contributed by atoms with van der Waals surface area (Å²) in [7, 11) is 1.57. The fraction of sp³-hybridized carbons (Fsp3) is 0.214. The van der Waals surface area contributed by atoms with Crippen molar-refractivity contribution in [3.63, 3.8) is 0 Å². The summed E-state index contributed by atoms with van der Waals surface area (Å²) in [6.07, 6.45) is 0.986. The van der Waals surface area contributed by atoms with Crippen molar-refractivity contribution < 1.29 is 9.84 Å². The Hall–Kier alpha value is -1.87. The van der Waals surface area contributed by atoms with Crippen molar-refractivity contribution in [3.05, 3.63) is 59.3 Å². The average molecular weight is 229 g/mol. The lowest BCUT2D eigenvalue weighted by atomic mass is 10.0. The van der Waals surface area contributed by atoms with Crippen LogP contribution in [0.3, 0.4) is 0 Å². The highest BCUT2D eigenvalue weighted by atomic mass is 16.5. The Morgan fingerprint density at radius 1 is 1.18 bits per heavy atom. The van der Waals surface area contributed by atoms with E-state index in [-0.39, 0.29) is 0 Å². The molecule has 0 bridgehead atoms. The number of nitrogens with zero attached hydrogens (tertiary/aromatic N) is 1. The molecular formula is C14H15NO2. The number of aliphatic hydroxyl groups is 1. The maximum absolute atomic E-state index is 10.2. The summed E-state index contributed by atoms with van der Waals surface area (Å²) in [6.45, 7) is 2.00. The largest absolute Gasteiger partial charge is 0.481 e. The summed E-state index contributed by atoms with van der Waals surface area (Å²) >= 11 is 0. The van der Waals surface area contributed by atoms with Crippen LogP contribution in [-0.4, -0.2) is 17.2 Å². The van der Waals surface area contributed by atoms with Gasteiger partial charge in [0.2, 0.25) is 5.88 Å². The van der Waals surface area contributed by atoms with Crippen LogP contribution in [0, 0.1) is 6.92 Å². The quantitative estimate of drug-likeness (QED) is 0.879. The predicted octanol–water partition coefficient (Wildman–Crippen LogP) is 2.48. The smallest absolute Gasteiger partial charge is 0.212 e. The highest BCUT2D eigenvalue weighted by Gasteiger charge is 2.10. The molecule has 88 valence electrons. The van der Waals surface area contributed by atoms with Crippen molar-refractivity contribution in [1.29, 1.82) is 0 Å². The Balaban J connectivity index is 2.27. The molecule has 3 heteroatoms. The Labute approximate surface area is 101 Å². The number of benzene rings is 1. The average Bonchev–Trinajstić information content (AvgIpc) is 2.38. The molecular weight excluding hydrogens is 214 g/mol. The van der Waals surface area contributed by atoms with Gasteiger partial charge in [-0.2, -0.15) is 0 Å². The van der Waals surface area contributed by atoms with Crippen molar-refractivity contribution in [2.75, 3.05) is 7.11 Å². The summed E-state index contributed by atoms with van der Waals surface area (Å²) in [5.41, 5.74) is 2.76. The minimum Gasteiger partial charge on any atom is -0.481 e. The number of ether oxygens (including phenoxy) is 1. The molecule has 1 atom stereocenters. The highest BCUT2D eigenvalue weighted by Crippen LogP contribution is 2.22. The Kier molecular flexibility index (Phi) is 3.40. The summed E-state index contributed by atoms with van der Waals surface area (Å²) in [5.74, 6) is 0.546. The molecule has 1 heterocycles. The van der Waals surface area contributed by atoms with Gasteiger partial charge in [-0.15, -0.1) is 0 Å². The van der Waals surface area contributed by atoms with Gasteiger partial charge in [0.1, 0.15) is 6.10 Å². The molecule has 3 nitrogen and oxygen atoms in total. The molecule has 17 heavy (non-hydrogen) atoms. The first-order valence-electron chi connectivity index (χ1n) is 5.45. The number of aliphatic hydroxyl groups excluding tert-OH is 1. The van der Waals surface area contributed by atoms with Crippen LogP contribution in [0.25, 0.3) is 0 Å². The highest BCUT2D eigenvalue weighted by molar-refractivity contribution is 5.32. The van der Waals surface area contributed by atoms with Gasteiger partial charge in [-0.25, -0.2) is 4.98 Å². The van der Waals surface area contributed by atoms with E-state index in [1.54, 1.807) is 19.4 Å². The molecule has 0 aliphatic rings. The normalized spacial score (nSPS) is 12.2. The van der Waals surface area contributed by atoms with Crippen LogP contribution in [-0.2, 0) is 0 Å². The topological polar surface area (TPSA) is 42.4 Å². The minimum absolute atomic E-state index is 0.546. The number of aromatic nitrogens is 1. The molecule has 0 saturated carbocycles. The van der Waals surface area contributed by atoms with Crippen LogP contribution in [0.4, 0.5) is 0 Å². The first-order chi connectivity index (χ1) is 8.20. The van der Waals surface area contributed by atoms with Gasteiger partial charge in [-0.05, 0) is 18.6 Å². The molecule has 1 aromatic carbocycles. The van der Waals surface area contributed by atoms with E-state index in [2.05, 4.69) is 4.98 Å². The van der Waals surface area contributed by atoms with Crippen molar-refractivity contribution >= 4 is 0 Å². The van der Waals surface area contributed by atoms with Crippen molar-refractivity contribution in [2.45, 2.75) is 13.0 Å². The van der Waals surface area contributed by atoms with E-state index in [0.29, 0.717) is 5.88 Å². The summed E-state index contributed by atoms with van der Waals surface area (Å²) in [6, 6.07) is 11.4. The van der Waals surface area contributed by atoms with E-state index >= 15 is 0 Å². The van der Waals surface area contributed by atoms with Crippen LogP contribution in [0.1, 0.15) is 22.8 Å². The van der Waals surface area contributed by atoms with E-state index in [0.717, 1.165) is 16.7 Å². The molecule has 0 spiro atoms. The van der Waals surface area contributed by atoms with Gasteiger partial charge in [0.25, 0.3) is 0 Å². The molecule has 2 aromatic rings. The first kappa shape index (κ1) is 11.6. The third kappa shape index (κ3) is 2.63. The van der Waals surface area contributed by atoms with E-state index in [1.165, 1.54) is 0 Å². The third-order valence-electron chi connectivity index (χ3n) is 2.64. The van der Waals surface area contributed by atoms with Gasteiger partial charge in [-0.1, -0.05) is 29.8 Å². The molecule has 2 rings (SSSR count). The fourth-order valence-corrected chi connectivity index (χ4v) is 1.71. The van der Waals surface area contributed by atoms with Gasteiger partial charge in [-0.3, -0.25) is 0 Å². The molecule has 0 radical (unpaired) electrons. The third-order valence-corrected chi connectivity index (χ3v) is 2.64. The fourth-order valence-electron chi connectivity index (χ4n) is 1.71. The van der Waals surface area contributed by atoms with Crippen LogP contribution in [0.2, 0.25) is 0 Å². The molecule has 0 aliphatic heterocycles. The zero-order chi connectivity index (χ0) is 12.3. The monoisotopic (exact) mass is 229 g/mol. The lowest BCUT2D eigenvalue weighted by Crippen LogP contribution is -2.00. The zero-order valence-electron chi connectivity index (χ0n) is 9.92. The standard InChI is InChI=1S/C14H15NO2/c1-10-4-3-5-11(8-10)14(16)12-6-7-13(17-2)15-9-12/h3-9,14,16H,1-2H3. The maximum Gasteiger partial charge on any atom is 0.212 e. The number of aryl methyl sites for hydroxylation is 1. The zero-order valence-corrected chi connectivity index (χ0v) is 9.92. The summed E-state index contributed by atoms with van der Waals surface area (Å²) in [4.78, 5) is 4.08. The number of pyridine rings is 1. The van der Waals surface area contributed by atoms with Gasteiger partial charge in [0.05, 0.1) is 7.11 Å². The Bertz CT molecular complexity index is 494. The van der Waals surface area contributed by atoms with Gasteiger partial charge < -0.3 is 9.84 Å². The molecule has 0 aliphatic carbocycles. The lowest BCUT2D eigenvalue weighted by Gasteiger charge is -2.12. The van der Waals surface area contributed by atoms with Crippen molar-refractivity contribution in [2.24, 2.45) is 0 Å². The summed E-state index contributed by atoms with van der Waals surface area (Å²) < 4.78 is 4.98. The number of rotatable bonds is 3. The van der Waals surface area contributed by atoms with Crippen molar-refractivity contribution in [1.82, 2.24) is 4.98 Å². The first-order valence-corrected chi connectivity index (χ1v) is 5.45. The molecule has 1 N–H and O–H groups in total. The Morgan fingerprint density at radius 2 is 2.00 bits per heavy atom. The second kappa shape index (κ2) is 4.97. The van der Waals surface area contributed by atoms with Gasteiger partial charge in [0.15, 0.2) is 0 Å². The summed E-state index contributed by atoms with van der Waals surface area (Å²) in [5, 5.41) is 10.2. The van der Waals surface area contributed by atoms with Gasteiger partial charge >= 0.3 is 0 Å². The molecule has 1 unspecified atom stereocenters. The van der Waals surface area contributed by atoms with Crippen LogP contribution >= 0.6 is 0 Å². The molecule has 1 aromatic heterocycles. The second-order valence-corrected chi connectivity index (χ2v) is 3.95. The second-order valence-electron chi connectivity index (χ2n) is 3.95.